The molecule has 1 saturated heterocycles. The Morgan fingerprint density at radius 3 is 2.53 bits per heavy atom. The second kappa shape index (κ2) is 5.57. The molecule has 1 aliphatic heterocycles. The van der Waals surface area contributed by atoms with Gasteiger partial charge in [0.25, 0.3) is 0 Å². The monoisotopic (exact) mass is 240 g/mol. The van der Waals surface area contributed by atoms with Gasteiger partial charge in [-0.25, -0.2) is 0 Å². The molecular weight excluding hydrogens is 224 g/mol. The highest BCUT2D eigenvalue weighted by Crippen LogP contribution is 2.17. The average molecular weight is 240 g/mol. The van der Waals surface area contributed by atoms with E-state index in [9.17, 15) is 15.3 Å². The second-order valence-corrected chi connectivity index (χ2v) is 4.05. The van der Waals surface area contributed by atoms with Crippen LogP contribution in [0.1, 0.15) is 5.56 Å². The molecule has 17 heavy (non-hydrogen) atoms. The predicted molar refractivity (Wildman–Crippen MR) is 59.0 cm³/mol. The molecule has 5 heteroatoms. The lowest BCUT2D eigenvalue weighted by Crippen LogP contribution is -2.53. The first kappa shape index (κ1) is 12.5. The first-order valence-corrected chi connectivity index (χ1v) is 5.50. The summed E-state index contributed by atoms with van der Waals surface area (Å²) in [6.07, 6.45) is -4.44. The van der Waals surface area contributed by atoms with Gasteiger partial charge in [0.15, 0.2) is 6.29 Å². The van der Waals surface area contributed by atoms with Gasteiger partial charge in [-0.1, -0.05) is 30.3 Å². The lowest BCUT2D eigenvalue weighted by Gasteiger charge is -2.34. The summed E-state index contributed by atoms with van der Waals surface area (Å²) in [6, 6.07) is 9.45. The van der Waals surface area contributed by atoms with Gasteiger partial charge in [-0.3, -0.25) is 0 Å². The fourth-order valence-corrected chi connectivity index (χ4v) is 1.68. The summed E-state index contributed by atoms with van der Waals surface area (Å²) < 4.78 is 10.5. The Morgan fingerprint density at radius 2 is 1.82 bits per heavy atom. The fraction of sp³-hybridized carbons (Fsp3) is 0.500. The highest BCUT2D eigenvalue weighted by molar-refractivity contribution is 5.13. The topological polar surface area (TPSA) is 79.2 Å². The minimum atomic E-state index is -1.23. The van der Waals surface area contributed by atoms with Crippen LogP contribution in [0.25, 0.3) is 0 Å². The van der Waals surface area contributed by atoms with Crippen molar-refractivity contribution in [2.24, 2.45) is 0 Å². The van der Waals surface area contributed by atoms with Crippen molar-refractivity contribution in [1.82, 2.24) is 0 Å². The smallest absolute Gasteiger partial charge is 0.186 e. The van der Waals surface area contributed by atoms with Crippen molar-refractivity contribution in [1.29, 1.82) is 0 Å². The van der Waals surface area contributed by atoms with E-state index < -0.39 is 24.6 Å². The van der Waals surface area contributed by atoms with Gasteiger partial charge in [0.05, 0.1) is 13.2 Å². The maximum Gasteiger partial charge on any atom is 0.186 e. The standard InChI is InChI=1S/C12H16O5/c13-9-7-17-12(11(15)10(9)14)16-6-8-4-2-1-3-5-8/h1-5,9-15H,6-7H2/t9-,10+,11-,12-/m0/s1. The highest BCUT2D eigenvalue weighted by Gasteiger charge is 2.38. The third-order valence-electron chi connectivity index (χ3n) is 2.71. The minimum Gasteiger partial charge on any atom is -0.388 e. The van der Waals surface area contributed by atoms with Crippen LogP contribution in [0, 0.1) is 0 Å². The van der Waals surface area contributed by atoms with Crippen LogP contribution < -0.4 is 0 Å². The van der Waals surface area contributed by atoms with Crippen LogP contribution in [-0.2, 0) is 16.1 Å². The van der Waals surface area contributed by atoms with E-state index in [0.29, 0.717) is 0 Å². The van der Waals surface area contributed by atoms with Gasteiger partial charge in [0.1, 0.15) is 18.3 Å². The molecule has 0 bridgehead atoms. The van der Waals surface area contributed by atoms with Crippen molar-refractivity contribution < 1.29 is 24.8 Å². The number of hydrogen-bond donors (Lipinski definition) is 3. The fourth-order valence-electron chi connectivity index (χ4n) is 1.68. The minimum absolute atomic E-state index is 0.0440. The third kappa shape index (κ3) is 3.02. The Hall–Kier alpha value is -0.980. The molecule has 4 atom stereocenters. The lowest BCUT2D eigenvalue weighted by molar-refractivity contribution is -0.273. The lowest BCUT2D eigenvalue weighted by atomic mass is 10.1. The maximum atomic E-state index is 9.63. The number of ether oxygens (including phenoxy) is 2. The van der Waals surface area contributed by atoms with E-state index in [2.05, 4.69) is 0 Å². The van der Waals surface area contributed by atoms with Crippen LogP contribution >= 0.6 is 0 Å². The number of rotatable bonds is 3. The molecule has 0 aliphatic carbocycles. The van der Waals surface area contributed by atoms with Crippen LogP contribution in [-0.4, -0.2) is 46.5 Å². The summed E-state index contributed by atoms with van der Waals surface area (Å²) in [5.41, 5.74) is 0.948. The zero-order valence-electron chi connectivity index (χ0n) is 9.27. The van der Waals surface area contributed by atoms with Crippen LogP contribution in [0.3, 0.4) is 0 Å². The summed E-state index contributed by atoms with van der Waals surface area (Å²) in [5, 5.41) is 28.3. The molecule has 1 aliphatic rings. The van der Waals surface area contributed by atoms with Crippen molar-refractivity contribution in [2.45, 2.75) is 31.2 Å². The molecule has 1 heterocycles. The zero-order valence-corrected chi connectivity index (χ0v) is 9.27. The van der Waals surface area contributed by atoms with Crippen LogP contribution in [0.5, 0.6) is 0 Å². The van der Waals surface area contributed by atoms with E-state index in [1.165, 1.54) is 0 Å². The summed E-state index contributed by atoms with van der Waals surface area (Å²) in [7, 11) is 0. The summed E-state index contributed by atoms with van der Waals surface area (Å²) in [4.78, 5) is 0. The maximum absolute atomic E-state index is 9.63. The number of aliphatic hydroxyl groups excluding tert-OH is 3. The van der Waals surface area contributed by atoms with Crippen molar-refractivity contribution in [3.05, 3.63) is 35.9 Å². The molecule has 0 saturated carbocycles. The SMILES string of the molecule is O[C@@H]1[C@@H](OCc2ccccc2)OC[C@H](O)[C@H]1O. The largest absolute Gasteiger partial charge is 0.388 e. The van der Waals surface area contributed by atoms with Gasteiger partial charge in [0.2, 0.25) is 0 Å². The number of hydrogen-bond acceptors (Lipinski definition) is 5. The Morgan fingerprint density at radius 1 is 1.12 bits per heavy atom. The Bertz CT molecular complexity index is 342. The molecule has 0 radical (unpaired) electrons. The highest BCUT2D eigenvalue weighted by atomic mass is 16.7. The normalized spacial score (nSPS) is 33.6. The van der Waals surface area contributed by atoms with Crippen LogP contribution in [0.4, 0.5) is 0 Å². The predicted octanol–water partition coefficient (Wildman–Crippen LogP) is -0.358. The quantitative estimate of drug-likeness (QED) is 0.672. The first-order chi connectivity index (χ1) is 8.18. The van der Waals surface area contributed by atoms with E-state index in [0.717, 1.165) is 5.56 Å². The molecule has 0 aromatic heterocycles. The first-order valence-electron chi connectivity index (χ1n) is 5.50. The third-order valence-corrected chi connectivity index (χ3v) is 2.71. The molecule has 1 fully saturated rings. The zero-order chi connectivity index (χ0) is 12.3. The molecule has 1 aromatic rings. The van der Waals surface area contributed by atoms with Crippen LogP contribution in [0.15, 0.2) is 30.3 Å². The van der Waals surface area contributed by atoms with Gasteiger partial charge in [-0.05, 0) is 5.56 Å². The number of benzene rings is 1. The summed E-state index contributed by atoms with van der Waals surface area (Å²) in [5.74, 6) is 0. The van der Waals surface area contributed by atoms with E-state index in [1.807, 2.05) is 30.3 Å². The van der Waals surface area contributed by atoms with Crippen molar-refractivity contribution in [2.75, 3.05) is 6.61 Å². The van der Waals surface area contributed by atoms with Gasteiger partial charge >= 0.3 is 0 Å². The Labute approximate surface area is 99.2 Å². The Kier molecular flexibility index (Phi) is 4.09. The van der Waals surface area contributed by atoms with Crippen molar-refractivity contribution in [3.63, 3.8) is 0 Å². The number of aliphatic hydroxyl groups is 3. The molecular formula is C12H16O5. The van der Waals surface area contributed by atoms with Crippen LogP contribution in [0.2, 0.25) is 0 Å². The average Bonchev–Trinajstić information content (AvgIpc) is 2.36. The second-order valence-electron chi connectivity index (χ2n) is 4.05. The van der Waals surface area contributed by atoms with Gasteiger partial charge in [0, 0.05) is 0 Å². The molecule has 0 amide bonds. The molecule has 2 rings (SSSR count). The Balaban J connectivity index is 1.87. The van der Waals surface area contributed by atoms with E-state index in [4.69, 9.17) is 9.47 Å². The van der Waals surface area contributed by atoms with Gasteiger partial charge in [-0.2, -0.15) is 0 Å². The summed E-state index contributed by atoms with van der Waals surface area (Å²) in [6.45, 7) is 0.239. The molecule has 5 nitrogen and oxygen atoms in total. The molecule has 94 valence electrons. The molecule has 1 aromatic carbocycles. The van der Waals surface area contributed by atoms with E-state index in [1.54, 1.807) is 0 Å². The molecule has 0 spiro atoms. The van der Waals surface area contributed by atoms with Crippen molar-refractivity contribution in [3.8, 4) is 0 Å². The van der Waals surface area contributed by atoms with E-state index in [-0.39, 0.29) is 13.2 Å². The van der Waals surface area contributed by atoms with Crippen molar-refractivity contribution >= 4 is 0 Å². The van der Waals surface area contributed by atoms with Gasteiger partial charge < -0.3 is 24.8 Å². The molecule has 0 unspecified atom stereocenters. The van der Waals surface area contributed by atoms with E-state index >= 15 is 0 Å². The summed E-state index contributed by atoms with van der Waals surface area (Å²) >= 11 is 0. The van der Waals surface area contributed by atoms with Gasteiger partial charge in [-0.15, -0.1) is 0 Å². The molecule has 3 N–H and O–H groups in total.